The van der Waals surface area contributed by atoms with Crippen LogP contribution in [0.15, 0.2) is 48.8 Å². The number of carbonyl (C=O) groups excluding carboxylic acids is 1. The van der Waals surface area contributed by atoms with E-state index in [4.69, 9.17) is 16.3 Å². The summed E-state index contributed by atoms with van der Waals surface area (Å²) in [5, 5.41) is 0.730. The molecule has 29 heavy (non-hydrogen) atoms. The topological polar surface area (TPSA) is 48.9 Å². The zero-order valence-corrected chi connectivity index (χ0v) is 17.1. The van der Waals surface area contributed by atoms with Crippen LogP contribution in [0.1, 0.15) is 18.4 Å². The Balaban J connectivity index is 1.22. The Morgan fingerprint density at radius 3 is 2.55 bits per heavy atom. The molecule has 3 aliphatic heterocycles. The number of hydrogen-bond donors (Lipinski definition) is 0. The fourth-order valence-corrected chi connectivity index (χ4v) is 4.85. The molecule has 1 aromatic carbocycles. The zero-order chi connectivity index (χ0) is 19.8. The molecule has 3 saturated heterocycles. The van der Waals surface area contributed by atoms with E-state index in [-0.39, 0.29) is 17.7 Å². The molecule has 152 valence electrons. The molecule has 7 heteroatoms. The van der Waals surface area contributed by atoms with Gasteiger partial charge in [-0.2, -0.15) is 0 Å². The molecular weight excluding hydrogens is 388 g/mol. The van der Waals surface area contributed by atoms with E-state index in [2.05, 4.69) is 26.9 Å². The summed E-state index contributed by atoms with van der Waals surface area (Å²) in [6.45, 7) is 4.53. The summed E-state index contributed by atoms with van der Waals surface area (Å²) in [5.41, 5.74) is 2.16. The fourth-order valence-electron chi connectivity index (χ4n) is 4.73. The van der Waals surface area contributed by atoms with E-state index in [9.17, 15) is 4.79 Å². The number of anilines is 1. The number of nitrogens with zero attached hydrogens (tertiary/aromatic N) is 4. The van der Waals surface area contributed by atoms with Crippen LogP contribution in [0.3, 0.4) is 0 Å². The smallest absolute Gasteiger partial charge is 0.238 e. The van der Waals surface area contributed by atoms with Crippen LogP contribution in [0.4, 0.5) is 5.69 Å². The molecular formula is C22H25ClN4O2. The number of aromatic nitrogens is 1. The SMILES string of the molecule is O=C1CN(Cc2ccc(Cl)cc2)CC2OC3(CCN(c4ccncc4)CC3)CN12. The first-order chi connectivity index (χ1) is 14.1. The average molecular weight is 413 g/mol. The lowest BCUT2D eigenvalue weighted by Crippen LogP contribution is -2.53. The second-order valence-corrected chi connectivity index (χ2v) is 8.70. The van der Waals surface area contributed by atoms with Crippen molar-refractivity contribution >= 4 is 23.2 Å². The Morgan fingerprint density at radius 2 is 1.83 bits per heavy atom. The largest absolute Gasteiger partial charge is 0.371 e. The number of halogens is 1. The van der Waals surface area contributed by atoms with Gasteiger partial charge in [0, 0.05) is 49.3 Å². The van der Waals surface area contributed by atoms with Gasteiger partial charge in [0.2, 0.25) is 5.91 Å². The van der Waals surface area contributed by atoms with Gasteiger partial charge in [-0.1, -0.05) is 23.7 Å². The van der Waals surface area contributed by atoms with Crippen LogP contribution in [0, 0.1) is 0 Å². The second kappa shape index (κ2) is 7.59. The average Bonchev–Trinajstić information content (AvgIpc) is 3.09. The van der Waals surface area contributed by atoms with Gasteiger partial charge in [-0.05, 0) is 42.7 Å². The molecule has 1 unspecified atom stereocenters. The van der Waals surface area contributed by atoms with Gasteiger partial charge in [-0.15, -0.1) is 0 Å². The van der Waals surface area contributed by atoms with Crippen LogP contribution in [0.5, 0.6) is 0 Å². The van der Waals surface area contributed by atoms with Crippen molar-refractivity contribution in [1.29, 1.82) is 0 Å². The number of fused-ring (bicyclic) bond motifs is 1. The molecule has 0 saturated carbocycles. The third-order valence-electron chi connectivity index (χ3n) is 6.31. The maximum absolute atomic E-state index is 12.8. The number of ether oxygens (including phenoxy) is 1. The molecule has 6 nitrogen and oxygen atoms in total. The maximum atomic E-state index is 12.8. The number of carbonyl (C=O) groups is 1. The van der Waals surface area contributed by atoms with Crippen molar-refractivity contribution in [3.63, 3.8) is 0 Å². The minimum Gasteiger partial charge on any atom is -0.371 e. The van der Waals surface area contributed by atoms with Crippen LogP contribution in [-0.4, -0.2) is 65.2 Å². The molecule has 3 fully saturated rings. The quantitative estimate of drug-likeness (QED) is 0.775. The van der Waals surface area contributed by atoms with Gasteiger partial charge in [-0.3, -0.25) is 14.7 Å². The standard InChI is InChI=1S/C22H25ClN4O2/c23-18-3-1-17(2-4-18)13-25-14-20(28)27-16-22(29-21(27)15-25)7-11-26(12-8-22)19-5-9-24-10-6-19/h1-6,9-10,21H,7-8,11-16H2. The van der Waals surface area contributed by atoms with Crippen molar-refractivity contribution in [2.45, 2.75) is 31.2 Å². The van der Waals surface area contributed by atoms with E-state index >= 15 is 0 Å². The van der Waals surface area contributed by atoms with Gasteiger partial charge in [-0.25, -0.2) is 0 Å². The van der Waals surface area contributed by atoms with Crippen molar-refractivity contribution in [2.24, 2.45) is 0 Å². The lowest BCUT2D eigenvalue weighted by Gasteiger charge is -2.39. The van der Waals surface area contributed by atoms with E-state index in [1.165, 1.54) is 5.69 Å². The van der Waals surface area contributed by atoms with E-state index in [1.54, 1.807) is 0 Å². The van der Waals surface area contributed by atoms with Crippen molar-refractivity contribution in [3.05, 3.63) is 59.4 Å². The highest BCUT2D eigenvalue weighted by molar-refractivity contribution is 6.30. The molecule has 4 heterocycles. The molecule has 2 aromatic rings. The first-order valence-electron chi connectivity index (χ1n) is 10.2. The summed E-state index contributed by atoms with van der Waals surface area (Å²) in [5.74, 6) is 0.170. The molecule has 3 aliphatic rings. The van der Waals surface area contributed by atoms with Gasteiger partial charge in [0.05, 0.1) is 18.7 Å². The monoisotopic (exact) mass is 412 g/mol. The number of hydrogen-bond acceptors (Lipinski definition) is 5. The van der Waals surface area contributed by atoms with Crippen LogP contribution in [0.2, 0.25) is 5.02 Å². The van der Waals surface area contributed by atoms with Gasteiger partial charge in [0.1, 0.15) is 6.23 Å². The van der Waals surface area contributed by atoms with Crippen molar-refractivity contribution < 1.29 is 9.53 Å². The summed E-state index contributed by atoms with van der Waals surface area (Å²) in [6.07, 6.45) is 5.40. The van der Waals surface area contributed by atoms with Crippen molar-refractivity contribution in [2.75, 3.05) is 37.6 Å². The first kappa shape index (κ1) is 18.9. The van der Waals surface area contributed by atoms with Crippen molar-refractivity contribution in [3.8, 4) is 0 Å². The van der Waals surface area contributed by atoms with E-state index in [0.717, 1.165) is 56.2 Å². The predicted octanol–water partition coefficient (Wildman–Crippen LogP) is 2.77. The lowest BCUT2D eigenvalue weighted by molar-refractivity contribution is -0.149. The highest BCUT2D eigenvalue weighted by Gasteiger charge is 2.50. The summed E-state index contributed by atoms with van der Waals surface area (Å²) in [4.78, 5) is 23.4. The van der Waals surface area contributed by atoms with Crippen LogP contribution < -0.4 is 4.90 Å². The summed E-state index contributed by atoms with van der Waals surface area (Å²) < 4.78 is 6.54. The molecule has 5 rings (SSSR count). The molecule has 0 radical (unpaired) electrons. The highest BCUT2D eigenvalue weighted by Crippen LogP contribution is 2.38. The van der Waals surface area contributed by atoms with Gasteiger partial charge >= 0.3 is 0 Å². The molecule has 1 spiro atoms. The number of amides is 1. The first-order valence-corrected chi connectivity index (χ1v) is 10.6. The van der Waals surface area contributed by atoms with Crippen LogP contribution >= 0.6 is 11.6 Å². The minimum atomic E-state index is -0.208. The maximum Gasteiger partial charge on any atom is 0.238 e. The number of benzene rings is 1. The van der Waals surface area contributed by atoms with E-state index in [0.29, 0.717) is 6.54 Å². The predicted molar refractivity (Wildman–Crippen MR) is 112 cm³/mol. The molecule has 0 aliphatic carbocycles. The third kappa shape index (κ3) is 3.84. The lowest BCUT2D eigenvalue weighted by atomic mass is 9.91. The second-order valence-electron chi connectivity index (χ2n) is 8.27. The number of pyridine rings is 1. The number of rotatable bonds is 3. The normalized spacial score (nSPS) is 24.2. The van der Waals surface area contributed by atoms with Crippen LogP contribution in [-0.2, 0) is 16.1 Å². The zero-order valence-electron chi connectivity index (χ0n) is 16.3. The molecule has 1 amide bonds. The Morgan fingerprint density at radius 1 is 1.10 bits per heavy atom. The Bertz CT molecular complexity index is 868. The summed E-state index contributed by atoms with van der Waals surface area (Å²) >= 11 is 5.98. The Kier molecular flexibility index (Phi) is 4.94. The van der Waals surface area contributed by atoms with Crippen LogP contribution in [0.25, 0.3) is 0 Å². The molecule has 1 atom stereocenters. The van der Waals surface area contributed by atoms with E-state index in [1.807, 2.05) is 41.6 Å². The van der Waals surface area contributed by atoms with Gasteiger partial charge in [0.15, 0.2) is 0 Å². The van der Waals surface area contributed by atoms with Gasteiger partial charge in [0.25, 0.3) is 0 Å². The van der Waals surface area contributed by atoms with Gasteiger partial charge < -0.3 is 14.5 Å². The third-order valence-corrected chi connectivity index (χ3v) is 6.56. The van der Waals surface area contributed by atoms with E-state index < -0.39 is 0 Å². The Hall–Kier alpha value is -2.15. The fraction of sp³-hybridized carbons (Fsp3) is 0.455. The molecule has 0 N–H and O–H groups in total. The summed E-state index contributed by atoms with van der Waals surface area (Å²) in [7, 11) is 0. The molecule has 1 aromatic heterocycles. The Labute approximate surface area is 176 Å². The molecule has 0 bridgehead atoms. The summed E-state index contributed by atoms with van der Waals surface area (Å²) in [6, 6.07) is 11.9. The van der Waals surface area contributed by atoms with Crippen molar-refractivity contribution in [1.82, 2.24) is 14.8 Å². The minimum absolute atomic E-state index is 0.143. The highest BCUT2D eigenvalue weighted by atomic mass is 35.5. The number of piperazine rings is 1. The number of piperidine rings is 1.